The number of hydrogen-bond acceptors (Lipinski definition) is 4. The molecule has 25 heavy (non-hydrogen) atoms. The summed E-state index contributed by atoms with van der Waals surface area (Å²) >= 11 is 5.88. The van der Waals surface area contributed by atoms with E-state index in [0.29, 0.717) is 29.2 Å². The molecule has 1 fully saturated rings. The maximum absolute atomic E-state index is 13.2. The molecule has 0 radical (unpaired) electrons. The summed E-state index contributed by atoms with van der Waals surface area (Å²) in [6.07, 6.45) is 8.03. The third kappa shape index (κ3) is 6.26. The second kappa shape index (κ2) is 8.87. The smallest absolute Gasteiger partial charge is 0.181 e. The van der Waals surface area contributed by atoms with Crippen molar-refractivity contribution in [2.45, 2.75) is 61.5 Å². The van der Waals surface area contributed by atoms with Gasteiger partial charge in [0.25, 0.3) is 0 Å². The fourth-order valence-corrected chi connectivity index (χ4v) is 6.63. The summed E-state index contributed by atoms with van der Waals surface area (Å²) in [5.74, 6) is 0.276. The molecule has 1 saturated carbocycles. The van der Waals surface area contributed by atoms with E-state index in [9.17, 15) is 16.8 Å². The molecule has 0 heterocycles. The molecule has 0 amide bonds. The Morgan fingerprint density at radius 1 is 1.00 bits per heavy atom. The van der Waals surface area contributed by atoms with Crippen LogP contribution < -0.4 is 0 Å². The lowest BCUT2D eigenvalue weighted by molar-refractivity contribution is 0.329. The third-order valence-electron chi connectivity index (χ3n) is 4.97. The van der Waals surface area contributed by atoms with Crippen LogP contribution in [0.3, 0.4) is 0 Å². The Morgan fingerprint density at radius 3 is 2.16 bits per heavy atom. The Bertz CT molecular complexity index is 749. The Kier molecular flexibility index (Phi) is 7.35. The van der Waals surface area contributed by atoms with Gasteiger partial charge in [0.2, 0.25) is 0 Å². The number of hydrogen-bond donors (Lipinski definition) is 0. The Morgan fingerprint density at radius 2 is 1.60 bits per heavy atom. The monoisotopic (exact) mass is 406 g/mol. The number of rotatable bonds is 8. The molecule has 0 bridgehead atoms. The van der Waals surface area contributed by atoms with Crippen LogP contribution in [0.5, 0.6) is 0 Å². The van der Waals surface area contributed by atoms with Gasteiger partial charge >= 0.3 is 0 Å². The number of benzene rings is 1. The maximum atomic E-state index is 13.2. The molecule has 0 aromatic heterocycles. The van der Waals surface area contributed by atoms with Crippen LogP contribution in [0.2, 0.25) is 5.02 Å². The summed E-state index contributed by atoms with van der Waals surface area (Å²) in [7, 11) is -6.44. The van der Waals surface area contributed by atoms with Crippen LogP contribution in [-0.2, 0) is 19.7 Å². The third-order valence-corrected chi connectivity index (χ3v) is 8.60. The maximum Gasteiger partial charge on any atom is 0.181 e. The quantitative estimate of drug-likeness (QED) is 0.604. The average molecular weight is 407 g/mol. The molecule has 0 N–H and O–H groups in total. The molecular formula is C18H27ClO4S2. The van der Waals surface area contributed by atoms with Gasteiger partial charge in [-0.2, -0.15) is 0 Å². The van der Waals surface area contributed by atoms with E-state index in [1.54, 1.807) is 24.3 Å². The van der Waals surface area contributed by atoms with Gasteiger partial charge in [-0.25, -0.2) is 16.8 Å². The first kappa shape index (κ1) is 20.7. The molecule has 0 aliphatic heterocycles. The standard InChI is InChI=1S/C18H27ClO4S2/c1-24(20,21)14-6-5-9-18(15-7-3-2-4-8-15)25(22,23)17-12-10-16(19)11-13-17/h10-13,15,18H,2-9,14H2,1H3. The lowest BCUT2D eigenvalue weighted by Gasteiger charge is -2.30. The van der Waals surface area contributed by atoms with Gasteiger partial charge < -0.3 is 0 Å². The van der Waals surface area contributed by atoms with E-state index in [2.05, 4.69) is 0 Å². The topological polar surface area (TPSA) is 68.3 Å². The number of halogens is 1. The minimum atomic E-state index is -3.44. The molecule has 1 aromatic carbocycles. The van der Waals surface area contributed by atoms with Gasteiger partial charge in [0.15, 0.2) is 9.84 Å². The van der Waals surface area contributed by atoms with Gasteiger partial charge in [0, 0.05) is 17.0 Å². The Labute approximate surface area is 156 Å². The van der Waals surface area contributed by atoms with E-state index in [1.165, 1.54) is 6.26 Å². The van der Waals surface area contributed by atoms with Gasteiger partial charge in [0.05, 0.1) is 10.1 Å². The van der Waals surface area contributed by atoms with E-state index in [-0.39, 0.29) is 11.7 Å². The van der Waals surface area contributed by atoms with Crippen LogP contribution in [0.4, 0.5) is 0 Å². The summed E-state index contributed by atoms with van der Waals surface area (Å²) in [5, 5.41) is 0.0786. The fraction of sp³-hybridized carbons (Fsp3) is 0.667. The van der Waals surface area contributed by atoms with Crippen molar-refractivity contribution in [3.8, 4) is 0 Å². The Balaban J connectivity index is 2.16. The van der Waals surface area contributed by atoms with E-state index in [4.69, 9.17) is 11.6 Å². The molecule has 2 rings (SSSR count). The van der Waals surface area contributed by atoms with E-state index in [1.807, 2.05) is 0 Å². The van der Waals surface area contributed by atoms with Crippen LogP contribution in [0, 0.1) is 5.92 Å². The fourth-order valence-electron chi connectivity index (χ4n) is 3.66. The van der Waals surface area contributed by atoms with Gasteiger partial charge in [-0.15, -0.1) is 0 Å². The first-order chi connectivity index (χ1) is 11.7. The predicted octanol–water partition coefficient (Wildman–Crippen LogP) is 4.28. The highest BCUT2D eigenvalue weighted by atomic mass is 35.5. The molecule has 1 aliphatic rings. The molecule has 142 valence electrons. The van der Waals surface area contributed by atoms with Crippen LogP contribution in [0.15, 0.2) is 29.2 Å². The van der Waals surface area contributed by atoms with Crippen molar-refractivity contribution in [3.05, 3.63) is 29.3 Å². The Hall–Kier alpha value is -0.590. The molecule has 1 atom stereocenters. The zero-order valence-corrected chi connectivity index (χ0v) is 17.0. The highest BCUT2D eigenvalue weighted by Crippen LogP contribution is 2.35. The second-order valence-electron chi connectivity index (χ2n) is 7.06. The summed E-state index contributed by atoms with van der Waals surface area (Å²) < 4.78 is 48.9. The van der Waals surface area contributed by atoms with Crippen molar-refractivity contribution in [2.75, 3.05) is 12.0 Å². The van der Waals surface area contributed by atoms with E-state index >= 15 is 0 Å². The lowest BCUT2D eigenvalue weighted by Crippen LogP contribution is -2.31. The zero-order valence-electron chi connectivity index (χ0n) is 14.7. The molecular weight excluding hydrogens is 380 g/mol. The molecule has 1 unspecified atom stereocenters. The van der Waals surface area contributed by atoms with Gasteiger partial charge in [0.1, 0.15) is 9.84 Å². The van der Waals surface area contributed by atoms with Gasteiger partial charge in [-0.1, -0.05) is 37.3 Å². The van der Waals surface area contributed by atoms with Crippen LogP contribution >= 0.6 is 11.6 Å². The largest absolute Gasteiger partial charge is 0.229 e. The van der Waals surface area contributed by atoms with Gasteiger partial charge in [-0.3, -0.25) is 0 Å². The van der Waals surface area contributed by atoms with Crippen molar-refractivity contribution in [3.63, 3.8) is 0 Å². The van der Waals surface area contributed by atoms with Crippen LogP contribution in [0.1, 0.15) is 51.4 Å². The summed E-state index contributed by atoms with van der Waals surface area (Å²) in [5.41, 5.74) is 0. The van der Waals surface area contributed by atoms with Crippen molar-refractivity contribution in [1.82, 2.24) is 0 Å². The van der Waals surface area contributed by atoms with Crippen LogP contribution in [0.25, 0.3) is 0 Å². The highest BCUT2D eigenvalue weighted by Gasteiger charge is 2.34. The summed E-state index contributed by atoms with van der Waals surface area (Å²) in [6, 6.07) is 6.36. The van der Waals surface area contributed by atoms with E-state index in [0.717, 1.165) is 32.1 Å². The predicted molar refractivity (Wildman–Crippen MR) is 103 cm³/mol. The van der Waals surface area contributed by atoms with Crippen LogP contribution in [-0.4, -0.2) is 34.1 Å². The molecule has 4 nitrogen and oxygen atoms in total. The lowest BCUT2D eigenvalue weighted by atomic mass is 9.85. The zero-order chi connectivity index (χ0) is 18.5. The minimum Gasteiger partial charge on any atom is -0.229 e. The molecule has 1 aromatic rings. The van der Waals surface area contributed by atoms with Crippen molar-refractivity contribution in [1.29, 1.82) is 0 Å². The molecule has 0 saturated heterocycles. The average Bonchev–Trinajstić information content (AvgIpc) is 2.54. The SMILES string of the molecule is CS(=O)(=O)CCCCC(C1CCCCC1)S(=O)(=O)c1ccc(Cl)cc1. The number of sulfone groups is 2. The minimum absolute atomic E-state index is 0.116. The van der Waals surface area contributed by atoms with E-state index < -0.39 is 24.9 Å². The molecule has 7 heteroatoms. The summed E-state index contributed by atoms with van der Waals surface area (Å²) in [6.45, 7) is 0. The van der Waals surface area contributed by atoms with Crippen molar-refractivity contribution in [2.24, 2.45) is 5.92 Å². The first-order valence-electron chi connectivity index (χ1n) is 8.87. The van der Waals surface area contributed by atoms with Crippen molar-refractivity contribution >= 4 is 31.3 Å². The normalized spacial score (nSPS) is 18.2. The molecule has 1 aliphatic carbocycles. The second-order valence-corrected chi connectivity index (χ2v) is 11.9. The van der Waals surface area contributed by atoms with Crippen molar-refractivity contribution < 1.29 is 16.8 Å². The summed E-state index contributed by atoms with van der Waals surface area (Å²) in [4.78, 5) is 0.315. The highest BCUT2D eigenvalue weighted by molar-refractivity contribution is 7.92. The molecule has 0 spiro atoms. The first-order valence-corrected chi connectivity index (χ1v) is 12.9. The van der Waals surface area contributed by atoms with Gasteiger partial charge in [-0.05, 0) is 55.9 Å². The number of unbranched alkanes of at least 4 members (excludes halogenated alkanes) is 1.